The Hall–Kier alpha value is -5.12. The van der Waals surface area contributed by atoms with E-state index in [0.29, 0.717) is 0 Å². The van der Waals surface area contributed by atoms with E-state index in [1.165, 1.54) is 111 Å². The van der Waals surface area contributed by atoms with Gasteiger partial charge in [0.1, 0.15) is 0 Å². The smallest absolute Gasteiger partial charge is 0.0682 e. The summed E-state index contributed by atoms with van der Waals surface area (Å²) < 4.78 is 1.07. The molecule has 0 aliphatic carbocycles. The number of rotatable bonds is 6. The Kier molecular flexibility index (Phi) is 8.38. The molecule has 0 atom stereocenters. The number of hydrogen-bond donors (Lipinski definition) is 0. The lowest BCUT2D eigenvalue weighted by Gasteiger charge is -2.33. The zero-order valence-electron chi connectivity index (χ0n) is 31.7. The standard InChI is InChI=1S/C49H45BrN2/c1-28-10-18-42(32(5)22-28)51(43-19-11-29(2)23-33(43)6)48-36(9)26-37-14-17-40-47-38(15-16-39(48)46(37)47)27-41(50)49(40)52(44-20-12-30(3)24-34(44)7)45-21-13-31(4)25-35(45)8/h10-27H,1-9H3. The van der Waals surface area contributed by atoms with Gasteiger partial charge in [0.2, 0.25) is 0 Å². The molecule has 0 bridgehead atoms. The molecule has 8 aromatic carbocycles. The molecule has 0 amide bonds. The quantitative estimate of drug-likeness (QED) is 0.157. The van der Waals surface area contributed by atoms with Crippen molar-refractivity contribution in [2.75, 3.05) is 9.80 Å². The van der Waals surface area contributed by atoms with E-state index < -0.39 is 0 Å². The van der Waals surface area contributed by atoms with Gasteiger partial charge in [0, 0.05) is 38.0 Å². The summed E-state index contributed by atoms with van der Waals surface area (Å²) in [6.07, 6.45) is 0. The van der Waals surface area contributed by atoms with Gasteiger partial charge in [-0.2, -0.15) is 0 Å². The summed E-state index contributed by atoms with van der Waals surface area (Å²) in [5, 5.41) is 7.55. The summed E-state index contributed by atoms with van der Waals surface area (Å²) in [6, 6.07) is 41.3. The van der Waals surface area contributed by atoms with Crippen molar-refractivity contribution in [1.82, 2.24) is 0 Å². The molecule has 52 heavy (non-hydrogen) atoms. The fourth-order valence-corrected chi connectivity index (χ4v) is 9.16. The first-order valence-corrected chi connectivity index (χ1v) is 19.0. The summed E-state index contributed by atoms with van der Waals surface area (Å²) in [5.74, 6) is 0. The maximum Gasteiger partial charge on any atom is 0.0682 e. The van der Waals surface area contributed by atoms with Crippen LogP contribution in [-0.4, -0.2) is 0 Å². The Balaban J connectivity index is 1.48. The molecule has 3 heteroatoms. The Morgan fingerprint density at radius 1 is 0.346 bits per heavy atom. The molecule has 0 saturated heterocycles. The first-order valence-electron chi connectivity index (χ1n) is 18.2. The fraction of sp³-hybridized carbons (Fsp3) is 0.184. The molecule has 0 aromatic heterocycles. The molecule has 8 rings (SSSR count). The van der Waals surface area contributed by atoms with Gasteiger partial charge in [-0.1, -0.05) is 95.1 Å². The number of hydrogen-bond acceptors (Lipinski definition) is 2. The summed E-state index contributed by atoms with van der Waals surface area (Å²) in [5.41, 5.74) is 18.5. The Morgan fingerprint density at radius 2 is 0.692 bits per heavy atom. The zero-order valence-corrected chi connectivity index (χ0v) is 33.3. The van der Waals surface area contributed by atoms with Crippen molar-refractivity contribution in [3.63, 3.8) is 0 Å². The molecule has 0 aliphatic heterocycles. The molecule has 8 aromatic rings. The van der Waals surface area contributed by atoms with Crippen LogP contribution < -0.4 is 9.80 Å². The molecular weight excluding hydrogens is 696 g/mol. The molecule has 0 spiro atoms. The lowest BCUT2D eigenvalue weighted by atomic mass is 9.89. The van der Waals surface area contributed by atoms with Gasteiger partial charge in [0.25, 0.3) is 0 Å². The van der Waals surface area contributed by atoms with Gasteiger partial charge in [0.05, 0.1) is 11.4 Å². The second kappa shape index (κ2) is 12.8. The van der Waals surface area contributed by atoms with Crippen LogP contribution in [0.2, 0.25) is 0 Å². The second-order valence-corrected chi connectivity index (χ2v) is 15.9. The van der Waals surface area contributed by atoms with Gasteiger partial charge in [-0.3, -0.25) is 0 Å². The third-order valence-corrected chi connectivity index (χ3v) is 11.4. The van der Waals surface area contributed by atoms with E-state index in [2.05, 4.69) is 197 Å². The lowest BCUT2D eigenvalue weighted by Crippen LogP contribution is -2.15. The molecule has 0 fully saturated rings. The molecule has 0 radical (unpaired) electrons. The third-order valence-electron chi connectivity index (χ3n) is 10.8. The van der Waals surface area contributed by atoms with E-state index in [0.717, 1.165) is 10.2 Å². The van der Waals surface area contributed by atoms with Crippen LogP contribution in [0.3, 0.4) is 0 Å². The highest BCUT2D eigenvalue weighted by molar-refractivity contribution is 9.10. The molecular formula is C49H45BrN2. The Morgan fingerprint density at radius 3 is 1.08 bits per heavy atom. The minimum Gasteiger partial charge on any atom is -0.309 e. The van der Waals surface area contributed by atoms with Gasteiger partial charge in [0.15, 0.2) is 0 Å². The van der Waals surface area contributed by atoms with Gasteiger partial charge < -0.3 is 9.80 Å². The maximum absolute atomic E-state index is 4.12. The van der Waals surface area contributed by atoms with Crippen molar-refractivity contribution in [2.24, 2.45) is 0 Å². The molecule has 0 heterocycles. The SMILES string of the molecule is Cc1ccc(N(c2ccc(C)cc2C)c2c(C)cc3ccc4c(N(c5ccc(C)cc5C)c5ccc(C)cc5C)c(Br)cc5ccc2c3c54)c(C)c1. The fourth-order valence-electron chi connectivity index (χ4n) is 8.52. The maximum atomic E-state index is 4.12. The molecule has 258 valence electrons. The number of benzene rings is 8. The van der Waals surface area contributed by atoms with Crippen molar-refractivity contribution in [2.45, 2.75) is 62.3 Å². The van der Waals surface area contributed by atoms with Crippen LogP contribution in [0, 0.1) is 62.3 Å². The normalized spacial score (nSPS) is 11.7. The van der Waals surface area contributed by atoms with Crippen LogP contribution in [0.5, 0.6) is 0 Å². The van der Waals surface area contributed by atoms with Gasteiger partial charge in [-0.05, 0) is 164 Å². The first-order chi connectivity index (χ1) is 24.9. The number of anilines is 6. The van der Waals surface area contributed by atoms with Gasteiger partial charge in [-0.15, -0.1) is 0 Å². The molecule has 0 aliphatic rings. The van der Waals surface area contributed by atoms with Crippen LogP contribution in [0.4, 0.5) is 34.1 Å². The highest BCUT2D eigenvalue weighted by atomic mass is 79.9. The van der Waals surface area contributed by atoms with Crippen LogP contribution in [0.25, 0.3) is 32.3 Å². The Bertz CT molecular complexity index is 2410. The number of aryl methyl sites for hydroxylation is 9. The molecule has 0 saturated carbocycles. The number of nitrogens with zero attached hydrogens (tertiary/aromatic N) is 2. The van der Waals surface area contributed by atoms with E-state index >= 15 is 0 Å². The second-order valence-electron chi connectivity index (χ2n) is 15.0. The molecule has 0 N–H and O–H groups in total. The van der Waals surface area contributed by atoms with Crippen LogP contribution in [0.1, 0.15) is 50.1 Å². The van der Waals surface area contributed by atoms with Crippen molar-refractivity contribution in [1.29, 1.82) is 0 Å². The van der Waals surface area contributed by atoms with E-state index in [1.54, 1.807) is 0 Å². The van der Waals surface area contributed by atoms with Gasteiger partial charge >= 0.3 is 0 Å². The summed E-state index contributed by atoms with van der Waals surface area (Å²) in [4.78, 5) is 4.99. The Labute approximate surface area is 316 Å². The van der Waals surface area contributed by atoms with Gasteiger partial charge in [-0.25, -0.2) is 0 Å². The van der Waals surface area contributed by atoms with E-state index in [1.807, 2.05) is 0 Å². The van der Waals surface area contributed by atoms with Crippen molar-refractivity contribution < 1.29 is 0 Å². The summed E-state index contributed by atoms with van der Waals surface area (Å²) in [7, 11) is 0. The first kappa shape index (κ1) is 34.0. The van der Waals surface area contributed by atoms with Crippen molar-refractivity contribution in [3.8, 4) is 0 Å². The molecule has 0 unspecified atom stereocenters. The van der Waals surface area contributed by atoms with E-state index in [4.69, 9.17) is 0 Å². The lowest BCUT2D eigenvalue weighted by molar-refractivity contribution is 1.20. The van der Waals surface area contributed by atoms with E-state index in [9.17, 15) is 0 Å². The van der Waals surface area contributed by atoms with Crippen LogP contribution >= 0.6 is 15.9 Å². The van der Waals surface area contributed by atoms with Crippen molar-refractivity contribution >= 4 is 82.4 Å². The highest BCUT2D eigenvalue weighted by Crippen LogP contribution is 2.52. The zero-order chi connectivity index (χ0) is 36.6. The topological polar surface area (TPSA) is 6.48 Å². The monoisotopic (exact) mass is 740 g/mol. The average molecular weight is 742 g/mol. The highest BCUT2D eigenvalue weighted by Gasteiger charge is 2.26. The van der Waals surface area contributed by atoms with Crippen LogP contribution in [-0.2, 0) is 0 Å². The van der Waals surface area contributed by atoms with E-state index in [-0.39, 0.29) is 0 Å². The molecule has 2 nitrogen and oxygen atoms in total. The summed E-state index contributed by atoms with van der Waals surface area (Å²) >= 11 is 4.12. The minimum absolute atomic E-state index is 1.07. The predicted octanol–water partition coefficient (Wildman–Crippen LogP) is 15.1. The summed E-state index contributed by atoms with van der Waals surface area (Å²) in [6.45, 7) is 19.9. The minimum atomic E-state index is 1.07. The number of halogens is 1. The van der Waals surface area contributed by atoms with Crippen molar-refractivity contribution in [3.05, 3.63) is 164 Å². The average Bonchev–Trinajstić information content (AvgIpc) is 3.08. The largest absolute Gasteiger partial charge is 0.309 e. The predicted molar refractivity (Wildman–Crippen MR) is 230 cm³/mol. The third kappa shape index (κ3) is 5.54. The van der Waals surface area contributed by atoms with Crippen LogP contribution in [0.15, 0.2) is 114 Å².